The van der Waals surface area contributed by atoms with Gasteiger partial charge in [-0.1, -0.05) is 0 Å². The summed E-state index contributed by atoms with van der Waals surface area (Å²) in [6, 6.07) is 10.5. The summed E-state index contributed by atoms with van der Waals surface area (Å²) < 4.78 is 10.2. The van der Waals surface area contributed by atoms with Crippen LogP contribution in [0.2, 0.25) is 0 Å². The summed E-state index contributed by atoms with van der Waals surface area (Å²) in [5.41, 5.74) is 4.36. The maximum Gasteiger partial charge on any atom is 0.254 e. The van der Waals surface area contributed by atoms with E-state index in [0.29, 0.717) is 29.2 Å². The fourth-order valence-electron chi connectivity index (χ4n) is 6.03. The summed E-state index contributed by atoms with van der Waals surface area (Å²) in [6.45, 7) is 3.59. The van der Waals surface area contributed by atoms with Gasteiger partial charge in [-0.25, -0.2) is 9.97 Å². The molecular formula is C27H30N6O2. The van der Waals surface area contributed by atoms with Crippen molar-refractivity contribution in [1.29, 1.82) is 0 Å². The summed E-state index contributed by atoms with van der Waals surface area (Å²) in [5, 5.41) is 4.65. The Morgan fingerprint density at radius 2 is 2.09 bits per heavy atom. The molecule has 3 fully saturated rings. The molecule has 7 rings (SSSR count). The predicted octanol–water partition coefficient (Wildman–Crippen LogP) is 3.44. The summed E-state index contributed by atoms with van der Waals surface area (Å²) >= 11 is 0. The van der Waals surface area contributed by atoms with Crippen LogP contribution in [0.5, 0.6) is 5.75 Å². The number of rotatable bonds is 5. The Bertz CT molecular complexity index is 1450. The molecule has 3 aromatic heterocycles. The van der Waals surface area contributed by atoms with Crippen LogP contribution in [0.1, 0.15) is 29.6 Å². The highest BCUT2D eigenvalue weighted by atomic mass is 16.5. The Kier molecular flexibility index (Phi) is 4.67. The van der Waals surface area contributed by atoms with Gasteiger partial charge < -0.3 is 24.1 Å². The predicted molar refractivity (Wildman–Crippen MR) is 135 cm³/mol. The maximum absolute atomic E-state index is 13.4. The second-order valence-corrected chi connectivity index (χ2v) is 10.4. The molecule has 1 N–H and O–H groups in total. The number of ether oxygens (including phenoxy) is 1. The van der Waals surface area contributed by atoms with E-state index in [0.717, 1.165) is 66.2 Å². The van der Waals surface area contributed by atoms with Crippen molar-refractivity contribution in [2.45, 2.75) is 31.8 Å². The number of methoxy groups -OCH3 is 1. The normalized spacial score (nSPS) is 21.8. The summed E-state index contributed by atoms with van der Waals surface area (Å²) in [4.78, 5) is 25.2. The molecule has 8 heteroatoms. The number of fused-ring (bicyclic) bond motifs is 3. The van der Waals surface area contributed by atoms with Crippen molar-refractivity contribution in [1.82, 2.24) is 29.3 Å². The van der Waals surface area contributed by atoms with E-state index in [1.54, 1.807) is 7.11 Å². The van der Waals surface area contributed by atoms with Gasteiger partial charge in [0.1, 0.15) is 16.9 Å². The number of nitrogens with one attached hydrogen (secondary N) is 1. The number of pyridine rings is 1. The fourth-order valence-corrected chi connectivity index (χ4v) is 6.03. The number of hydrogen-bond acceptors (Lipinski definition) is 5. The lowest BCUT2D eigenvalue weighted by molar-refractivity contribution is 0.0782. The number of hydrogen-bond donors (Lipinski definition) is 1. The first-order valence-corrected chi connectivity index (χ1v) is 12.6. The molecule has 1 aliphatic carbocycles. The molecule has 0 unspecified atom stereocenters. The quantitative estimate of drug-likeness (QED) is 0.484. The van der Waals surface area contributed by atoms with Gasteiger partial charge in [-0.05, 0) is 68.0 Å². The number of amides is 1. The van der Waals surface area contributed by atoms with Crippen LogP contribution in [0.4, 0.5) is 0 Å². The summed E-state index contributed by atoms with van der Waals surface area (Å²) in [6.07, 6.45) is 5.53. The molecule has 1 amide bonds. The number of carbonyl (C=O) groups is 1. The maximum atomic E-state index is 13.4. The van der Waals surface area contributed by atoms with E-state index in [1.807, 2.05) is 36.3 Å². The molecule has 3 aliphatic rings. The van der Waals surface area contributed by atoms with Gasteiger partial charge in [0.15, 0.2) is 5.82 Å². The highest BCUT2D eigenvalue weighted by Gasteiger charge is 2.38. The van der Waals surface area contributed by atoms with E-state index in [1.165, 1.54) is 12.8 Å². The van der Waals surface area contributed by atoms with E-state index in [4.69, 9.17) is 9.72 Å². The lowest BCUT2D eigenvalue weighted by Gasteiger charge is -2.18. The van der Waals surface area contributed by atoms with Crippen LogP contribution in [0, 0.1) is 11.8 Å². The third kappa shape index (κ3) is 3.34. The minimum absolute atomic E-state index is 0.0562. The van der Waals surface area contributed by atoms with Crippen molar-refractivity contribution in [3.8, 4) is 17.3 Å². The lowest BCUT2D eigenvalue weighted by Crippen LogP contribution is -2.33. The second kappa shape index (κ2) is 7.81. The Morgan fingerprint density at radius 3 is 2.89 bits per heavy atom. The highest BCUT2D eigenvalue weighted by Crippen LogP contribution is 2.37. The fraction of sp³-hybridized carbons (Fsp3) is 0.444. The number of aryl methyl sites for hydroxylation is 1. The molecule has 0 radical (unpaired) electrons. The third-order valence-electron chi connectivity index (χ3n) is 8.07. The minimum atomic E-state index is 0.0562. The number of aromatic nitrogens is 4. The molecule has 4 aromatic rings. The molecule has 2 aliphatic heterocycles. The largest absolute Gasteiger partial charge is 0.494 e. The third-order valence-corrected chi connectivity index (χ3v) is 8.07. The number of likely N-dealkylation sites (tertiary alicyclic amines) is 1. The van der Waals surface area contributed by atoms with Crippen molar-refractivity contribution >= 4 is 28.0 Å². The van der Waals surface area contributed by atoms with Crippen molar-refractivity contribution in [3.63, 3.8) is 0 Å². The molecule has 8 nitrogen and oxygen atoms in total. The van der Waals surface area contributed by atoms with E-state index in [-0.39, 0.29) is 5.91 Å². The van der Waals surface area contributed by atoms with Gasteiger partial charge in [-0.3, -0.25) is 4.79 Å². The smallest absolute Gasteiger partial charge is 0.254 e. The van der Waals surface area contributed by atoms with Crippen LogP contribution in [0.15, 0.2) is 36.5 Å². The number of imidazole rings is 1. The first-order chi connectivity index (χ1) is 17.1. The second-order valence-electron chi connectivity index (χ2n) is 10.4. The molecule has 0 spiro atoms. The average molecular weight is 471 g/mol. The molecule has 2 saturated heterocycles. The van der Waals surface area contributed by atoms with E-state index in [9.17, 15) is 4.79 Å². The zero-order valence-corrected chi connectivity index (χ0v) is 20.2. The standard InChI is InChI=1S/C27H30N6O2/c1-31-24-20(10-19(12-23(24)35-2)27(34)32-14-18-7-9-28-21(18)15-32)30-26(31)22-11-17-4-3-8-29-25(17)33(22)13-16-5-6-16/h3-4,8,10-12,16,18,21,28H,5-7,9,13-15H2,1-2H3/t18-,21+/m0/s1. The topological polar surface area (TPSA) is 77.2 Å². The van der Waals surface area contributed by atoms with Crippen LogP contribution >= 0.6 is 0 Å². The van der Waals surface area contributed by atoms with Crippen molar-refractivity contribution in [2.75, 3.05) is 26.7 Å². The Balaban J connectivity index is 1.32. The van der Waals surface area contributed by atoms with Gasteiger partial charge in [0.05, 0.1) is 18.3 Å². The molecule has 1 saturated carbocycles. The SMILES string of the molecule is COc1cc(C(=O)N2C[C@@H]3CCN[C@@H]3C2)cc2nc(-c3cc4cccnc4n3CC3CC3)n(C)c12. The average Bonchev–Trinajstić information content (AvgIpc) is 3.17. The Morgan fingerprint density at radius 1 is 1.20 bits per heavy atom. The first kappa shape index (κ1) is 20.9. The van der Waals surface area contributed by atoms with E-state index >= 15 is 0 Å². The monoisotopic (exact) mass is 470 g/mol. The van der Waals surface area contributed by atoms with Crippen LogP contribution in [-0.4, -0.2) is 62.7 Å². The number of nitrogens with zero attached hydrogens (tertiary/aromatic N) is 5. The highest BCUT2D eigenvalue weighted by molar-refractivity contribution is 6.00. The van der Waals surface area contributed by atoms with Gasteiger partial charge in [-0.2, -0.15) is 0 Å². The Hall–Kier alpha value is -3.39. The molecule has 35 heavy (non-hydrogen) atoms. The van der Waals surface area contributed by atoms with E-state index < -0.39 is 0 Å². The van der Waals surface area contributed by atoms with Crippen LogP contribution in [-0.2, 0) is 13.6 Å². The summed E-state index contributed by atoms with van der Waals surface area (Å²) in [5.74, 6) is 2.86. The van der Waals surface area contributed by atoms with E-state index in [2.05, 4.69) is 31.6 Å². The van der Waals surface area contributed by atoms with Crippen LogP contribution in [0.3, 0.4) is 0 Å². The zero-order valence-electron chi connectivity index (χ0n) is 20.2. The van der Waals surface area contributed by atoms with Gasteiger partial charge in [-0.15, -0.1) is 0 Å². The van der Waals surface area contributed by atoms with Gasteiger partial charge in [0.25, 0.3) is 5.91 Å². The Labute approximate surface area is 203 Å². The molecule has 0 bridgehead atoms. The number of carbonyl (C=O) groups excluding carboxylic acids is 1. The zero-order chi connectivity index (χ0) is 23.7. The van der Waals surface area contributed by atoms with Gasteiger partial charge in [0.2, 0.25) is 0 Å². The molecule has 5 heterocycles. The molecule has 2 atom stereocenters. The van der Waals surface area contributed by atoms with Crippen molar-refractivity contribution in [2.24, 2.45) is 18.9 Å². The van der Waals surface area contributed by atoms with Crippen LogP contribution < -0.4 is 10.1 Å². The molecular weight excluding hydrogens is 440 g/mol. The van der Waals surface area contributed by atoms with Crippen molar-refractivity contribution < 1.29 is 9.53 Å². The van der Waals surface area contributed by atoms with Gasteiger partial charge >= 0.3 is 0 Å². The van der Waals surface area contributed by atoms with Gasteiger partial charge in [0, 0.05) is 49.9 Å². The lowest BCUT2D eigenvalue weighted by atomic mass is 10.1. The first-order valence-electron chi connectivity index (χ1n) is 12.6. The number of benzene rings is 1. The van der Waals surface area contributed by atoms with Crippen LogP contribution in [0.25, 0.3) is 33.6 Å². The molecule has 1 aromatic carbocycles. The minimum Gasteiger partial charge on any atom is -0.494 e. The van der Waals surface area contributed by atoms with Crippen molar-refractivity contribution in [3.05, 3.63) is 42.1 Å². The summed E-state index contributed by atoms with van der Waals surface area (Å²) in [7, 11) is 3.68. The molecule has 180 valence electrons.